The topological polar surface area (TPSA) is 46.6 Å². The lowest BCUT2D eigenvalue weighted by atomic mass is 10.3. The van der Waals surface area contributed by atoms with E-state index in [1.165, 1.54) is 5.06 Å². The molecule has 12 heavy (non-hydrogen) atoms. The van der Waals surface area contributed by atoms with Gasteiger partial charge in [0.1, 0.15) is 6.29 Å². The quantitative estimate of drug-likeness (QED) is 0.440. The SMILES string of the molecule is CCCON(C)C(=O)CCC=O. The van der Waals surface area contributed by atoms with Crippen molar-refractivity contribution in [2.45, 2.75) is 26.2 Å². The zero-order valence-corrected chi connectivity index (χ0v) is 7.58. The van der Waals surface area contributed by atoms with Crippen molar-refractivity contribution in [1.82, 2.24) is 5.06 Å². The third-order valence-electron chi connectivity index (χ3n) is 1.32. The van der Waals surface area contributed by atoms with Crippen molar-refractivity contribution >= 4 is 12.2 Å². The van der Waals surface area contributed by atoms with E-state index in [4.69, 9.17) is 4.84 Å². The van der Waals surface area contributed by atoms with Crippen molar-refractivity contribution in [2.24, 2.45) is 0 Å². The van der Waals surface area contributed by atoms with E-state index in [-0.39, 0.29) is 18.7 Å². The van der Waals surface area contributed by atoms with Gasteiger partial charge in [-0.05, 0) is 6.42 Å². The van der Waals surface area contributed by atoms with Gasteiger partial charge in [0.25, 0.3) is 0 Å². The fraction of sp³-hybridized carbons (Fsp3) is 0.750. The lowest BCUT2D eigenvalue weighted by Crippen LogP contribution is -2.27. The van der Waals surface area contributed by atoms with Crippen LogP contribution in [0.4, 0.5) is 0 Å². The van der Waals surface area contributed by atoms with Gasteiger partial charge in [-0.3, -0.25) is 9.63 Å². The Kier molecular flexibility index (Phi) is 6.28. The Hall–Kier alpha value is -0.900. The lowest BCUT2D eigenvalue weighted by molar-refractivity contribution is -0.178. The van der Waals surface area contributed by atoms with Gasteiger partial charge < -0.3 is 4.79 Å². The molecule has 1 amide bonds. The molecule has 0 aromatic rings. The Morgan fingerprint density at radius 1 is 1.58 bits per heavy atom. The molecule has 0 atom stereocenters. The van der Waals surface area contributed by atoms with Crippen molar-refractivity contribution in [1.29, 1.82) is 0 Å². The van der Waals surface area contributed by atoms with Gasteiger partial charge >= 0.3 is 0 Å². The summed E-state index contributed by atoms with van der Waals surface area (Å²) in [6.07, 6.45) is 2.08. The van der Waals surface area contributed by atoms with Crippen molar-refractivity contribution in [3.63, 3.8) is 0 Å². The van der Waals surface area contributed by atoms with Crippen molar-refractivity contribution in [2.75, 3.05) is 13.7 Å². The van der Waals surface area contributed by atoms with Crippen molar-refractivity contribution in [3.8, 4) is 0 Å². The lowest BCUT2D eigenvalue weighted by Gasteiger charge is -2.15. The van der Waals surface area contributed by atoms with Crippen LogP contribution >= 0.6 is 0 Å². The third-order valence-corrected chi connectivity index (χ3v) is 1.32. The zero-order valence-electron chi connectivity index (χ0n) is 7.58. The van der Waals surface area contributed by atoms with E-state index in [1.807, 2.05) is 6.92 Å². The van der Waals surface area contributed by atoms with Gasteiger partial charge in [-0.1, -0.05) is 6.92 Å². The molecule has 0 saturated heterocycles. The van der Waals surface area contributed by atoms with E-state index in [2.05, 4.69) is 0 Å². The van der Waals surface area contributed by atoms with Crippen LogP contribution in [-0.2, 0) is 14.4 Å². The fourth-order valence-corrected chi connectivity index (χ4v) is 0.640. The first-order chi connectivity index (χ1) is 5.72. The molecule has 0 bridgehead atoms. The second-order valence-electron chi connectivity index (χ2n) is 2.43. The Morgan fingerprint density at radius 3 is 2.75 bits per heavy atom. The largest absolute Gasteiger partial charge is 0.303 e. The van der Waals surface area contributed by atoms with E-state index >= 15 is 0 Å². The minimum Gasteiger partial charge on any atom is -0.303 e. The fourth-order valence-electron chi connectivity index (χ4n) is 0.640. The summed E-state index contributed by atoms with van der Waals surface area (Å²) in [6, 6.07) is 0. The number of rotatable bonds is 6. The predicted octanol–water partition coefficient (Wildman–Crippen LogP) is 0.766. The number of nitrogens with zero attached hydrogens (tertiary/aromatic N) is 1. The highest BCUT2D eigenvalue weighted by Gasteiger charge is 2.07. The second-order valence-corrected chi connectivity index (χ2v) is 2.43. The number of hydroxylamine groups is 2. The van der Waals surface area contributed by atoms with E-state index in [9.17, 15) is 9.59 Å². The predicted molar refractivity (Wildman–Crippen MR) is 44.3 cm³/mol. The summed E-state index contributed by atoms with van der Waals surface area (Å²) >= 11 is 0. The molecule has 70 valence electrons. The van der Waals surface area contributed by atoms with Crippen LogP contribution in [-0.4, -0.2) is 30.9 Å². The summed E-state index contributed by atoms with van der Waals surface area (Å²) in [4.78, 5) is 26.0. The maximum atomic E-state index is 11.0. The molecule has 0 spiro atoms. The number of carbonyl (C=O) groups excluding carboxylic acids is 2. The zero-order chi connectivity index (χ0) is 9.40. The standard InChI is InChI=1S/C8H15NO3/c1-3-7-12-9(2)8(11)5-4-6-10/h6H,3-5,7H2,1-2H3. The van der Waals surface area contributed by atoms with Gasteiger partial charge in [0, 0.05) is 19.9 Å². The summed E-state index contributed by atoms with van der Waals surface area (Å²) in [5, 5.41) is 1.19. The maximum Gasteiger partial charge on any atom is 0.246 e. The molecule has 0 heterocycles. The van der Waals surface area contributed by atoms with Crippen LogP contribution in [0.5, 0.6) is 0 Å². The molecular weight excluding hydrogens is 158 g/mol. The van der Waals surface area contributed by atoms with Crippen molar-refractivity contribution in [3.05, 3.63) is 0 Å². The van der Waals surface area contributed by atoms with Gasteiger partial charge in [0.2, 0.25) is 5.91 Å². The Labute approximate surface area is 72.4 Å². The molecule has 0 rings (SSSR count). The van der Waals surface area contributed by atoms with Crippen molar-refractivity contribution < 1.29 is 14.4 Å². The smallest absolute Gasteiger partial charge is 0.246 e. The van der Waals surface area contributed by atoms with E-state index < -0.39 is 0 Å². The summed E-state index contributed by atoms with van der Waals surface area (Å²) in [6.45, 7) is 2.49. The summed E-state index contributed by atoms with van der Waals surface area (Å²) in [5.41, 5.74) is 0. The average molecular weight is 173 g/mol. The summed E-state index contributed by atoms with van der Waals surface area (Å²) < 4.78 is 0. The highest BCUT2D eigenvalue weighted by molar-refractivity contribution is 5.77. The van der Waals surface area contributed by atoms with E-state index in [0.29, 0.717) is 6.61 Å². The normalized spacial score (nSPS) is 9.50. The third kappa shape index (κ3) is 4.85. The summed E-state index contributed by atoms with van der Waals surface area (Å²) in [5.74, 6) is -0.157. The number of aldehydes is 1. The molecule has 0 radical (unpaired) electrons. The molecule has 0 aliphatic carbocycles. The molecule has 4 nitrogen and oxygen atoms in total. The Bertz CT molecular complexity index is 147. The summed E-state index contributed by atoms with van der Waals surface area (Å²) in [7, 11) is 1.56. The monoisotopic (exact) mass is 173 g/mol. The van der Waals surface area contributed by atoms with Crippen LogP contribution in [0.1, 0.15) is 26.2 Å². The van der Waals surface area contributed by atoms with Crippen LogP contribution in [0, 0.1) is 0 Å². The molecule has 0 aromatic carbocycles. The van der Waals surface area contributed by atoms with Crippen LogP contribution < -0.4 is 0 Å². The van der Waals surface area contributed by atoms with Crippen LogP contribution in [0.15, 0.2) is 0 Å². The molecule has 0 N–H and O–H groups in total. The molecule has 0 aliphatic rings. The van der Waals surface area contributed by atoms with Gasteiger partial charge in [-0.15, -0.1) is 0 Å². The van der Waals surface area contributed by atoms with E-state index in [0.717, 1.165) is 12.7 Å². The van der Waals surface area contributed by atoms with Gasteiger partial charge in [-0.25, -0.2) is 5.06 Å². The van der Waals surface area contributed by atoms with Gasteiger partial charge in [0.05, 0.1) is 6.61 Å². The van der Waals surface area contributed by atoms with Crippen LogP contribution in [0.25, 0.3) is 0 Å². The van der Waals surface area contributed by atoms with Crippen LogP contribution in [0.3, 0.4) is 0 Å². The molecule has 0 aliphatic heterocycles. The van der Waals surface area contributed by atoms with Crippen LogP contribution in [0.2, 0.25) is 0 Å². The second kappa shape index (κ2) is 6.79. The molecule has 0 saturated carbocycles. The first-order valence-electron chi connectivity index (χ1n) is 4.05. The number of amides is 1. The molecular formula is C8H15NO3. The molecule has 4 heteroatoms. The number of hydrogen-bond donors (Lipinski definition) is 0. The first-order valence-corrected chi connectivity index (χ1v) is 4.05. The van der Waals surface area contributed by atoms with Gasteiger partial charge in [0.15, 0.2) is 0 Å². The molecule has 0 unspecified atom stereocenters. The van der Waals surface area contributed by atoms with E-state index in [1.54, 1.807) is 7.05 Å². The number of carbonyl (C=O) groups is 2. The maximum absolute atomic E-state index is 11.0. The first kappa shape index (κ1) is 11.1. The Morgan fingerprint density at radius 2 is 2.25 bits per heavy atom. The highest BCUT2D eigenvalue weighted by Crippen LogP contribution is 1.95. The Balaban J connectivity index is 3.53. The molecule has 0 fully saturated rings. The highest BCUT2D eigenvalue weighted by atomic mass is 16.7. The average Bonchev–Trinajstić information content (AvgIpc) is 2.10. The minimum atomic E-state index is -0.157. The number of hydrogen-bond acceptors (Lipinski definition) is 3. The molecule has 0 aromatic heterocycles. The van der Waals surface area contributed by atoms with Gasteiger partial charge in [-0.2, -0.15) is 0 Å². The minimum absolute atomic E-state index is 0.157.